The van der Waals surface area contributed by atoms with Gasteiger partial charge in [-0.3, -0.25) is 0 Å². The van der Waals surface area contributed by atoms with Crippen LogP contribution >= 0.6 is 15.9 Å². The summed E-state index contributed by atoms with van der Waals surface area (Å²) in [5.74, 6) is 0.410. The Bertz CT molecular complexity index is 540. The van der Waals surface area contributed by atoms with Gasteiger partial charge in [-0.15, -0.1) is 4.68 Å². The lowest BCUT2D eigenvalue weighted by atomic mass is 10.3. The van der Waals surface area contributed by atoms with E-state index < -0.39 is 0 Å². The van der Waals surface area contributed by atoms with Crippen LogP contribution in [0.5, 0.6) is 0 Å². The van der Waals surface area contributed by atoms with Crippen LogP contribution < -0.4 is 10.3 Å². The Morgan fingerprint density at radius 3 is 2.47 bits per heavy atom. The van der Waals surface area contributed by atoms with Crippen molar-refractivity contribution in [2.75, 3.05) is 5.73 Å². The van der Waals surface area contributed by atoms with E-state index in [4.69, 9.17) is 5.73 Å². The molecule has 0 spiro atoms. The molecule has 0 aliphatic carbocycles. The van der Waals surface area contributed by atoms with Crippen molar-refractivity contribution in [1.29, 1.82) is 0 Å². The Kier molecular flexibility index (Phi) is 2.36. The third-order valence-corrected chi connectivity index (χ3v) is 2.72. The van der Waals surface area contributed by atoms with E-state index in [1.54, 1.807) is 6.92 Å². The lowest BCUT2D eigenvalue weighted by Gasteiger charge is -1.96. The minimum Gasteiger partial charge on any atom is -0.361 e. The lowest BCUT2D eigenvalue weighted by molar-refractivity contribution is -0.572. The molecular weight excluding hydrogens is 260 g/mol. The number of nitrogens with two attached hydrogens (primary N) is 1. The topological polar surface area (TPSA) is 69.7 Å². The normalized spacial score (nSPS) is 10.5. The van der Waals surface area contributed by atoms with E-state index in [1.165, 1.54) is 4.68 Å². The molecule has 3 N–H and O–H groups in total. The van der Waals surface area contributed by atoms with E-state index in [0.29, 0.717) is 16.1 Å². The van der Waals surface area contributed by atoms with Gasteiger partial charge >= 0.3 is 0 Å². The van der Waals surface area contributed by atoms with Gasteiger partial charge in [-0.2, -0.15) is 0 Å². The average Bonchev–Trinajstić information content (AvgIpc) is 2.47. The standard InChI is InChI=1S/C9H10BrN4O/c1-6-9(11)13(12-14(6)15)8-4-2-7(10)3-5-8/h2-5H,11H2,1H3,(H,12,15)/q+1. The highest BCUT2D eigenvalue weighted by Crippen LogP contribution is 2.16. The molecule has 0 bridgehead atoms. The second kappa shape index (κ2) is 3.54. The van der Waals surface area contributed by atoms with Crippen LogP contribution in [0, 0.1) is 11.8 Å². The van der Waals surface area contributed by atoms with Gasteiger partial charge in [-0.1, -0.05) is 21.1 Å². The summed E-state index contributed by atoms with van der Waals surface area (Å²) in [6.07, 6.45) is 0. The highest BCUT2D eigenvalue weighted by atomic mass is 79.9. The number of hydrogen-bond donors (Lipinski definition) is 2. The number of hydrogen-bond acceptors (Lipinski definition) is 2. The van der Waals surface area contributed by atoms with Gasteiger partial charge in [-0.05, 0) is 29.2 Å². The summed E-state index contributed by atoms with van der Waals surface area (Å²) in [6, 6.07) is 7.48. The maximum absolute atomic E-state index is 11.3. The van der Waals surface area contributed by atoms with Crippen molar-refractivity contribution in [3.8, 4) is 5.69 Å². The van der Waals surface area contributed by atoms with Crippen molar-refractivity contribution in [2.45, 2.75) is 6.92 Å². The fourth-order valence-corrected chi connectivity index (χ4v) is 1.54. The van der Waals surface area contributed by atoms with Crippen LogP contribution in [0.25, 0.3) is 5.69 Å². The van der Waals surface area contributed by atoms with E-state index >= 15 is 0 Å². The Hall–Kier alpha value is -1.56. The molecule has 15 heavy (non-hydrogen) atoms. The van der Waals surface area contributed by atoms with Gasteiger partial charge in [0, 0.05) is 11.4 Å². The largest absolute Gasteiger partial charge is 0.361 e. The molecule has 6 heteroatoms. The van der Waals surface area contributed by atoms with Gasteiger partial charge in [0.1, 0.15) is 0 Å². The third kappa shape index (κ3) is 1.68. The van der Waals surface area contributed by atoms with Crippen molar-refractivity contribution < 1.29 is 4.54 Å². The Morgan fingerprint density at radius 2 is 2.00 bits per heavy atom. The Labute approximate surface area is 94.2 Å². The first kappa shape index (κ1) is 9.97. The number of nitrogens with zero attached hydrogens (tertiary/aromatic N) is 2. The van der Waals surface area contributed by atoms with Crippen molar-refractivity contribution in [3.05, 3.63) is 39.3 Å². The van der Waals surface area contributed by atoms with E-state index in [-0.39, 0.29) is 0 Å². The molecule has 2 aromatic rings. The number of aromatic nitrogens is 3. The molecule has 0 amide bonds. The zero-order valence-electron chi connectivity index (χ0n) is 8.07. The molecule has 0 fully saturated rings. The molecule has 0 radical (unpaired) electrons. The van der Waals surface area contributed by atoms with Crippen LogP contribution in [0.1, 0.15) is 5.69 Å². The van der Waals surface area contributed by atoms with Crippen LogP contribution in [0.4, 0.5) is 5.82 Å². The number of rotatable bonds is 1. The summed E-state index contributed by atoms with van der Waals surface area (Å²) < 4.78 is 3.15. The monoisotopic (exact) mass is 269 g/mol. The van der Waals surface area contributed by atoms with Crippen LogP contribution in [0.3, 0.4) is 0 Å². The third-order valence-electron chi connectivity index (χ3n) is 2.19. The van der Waals surface area contributed by atoms with Gasteiger partial charge in [-0.25, -0.2) is 0 Å². The molecule has 1 heterocycles. The summed E-state index contributed by atoms with van der Waals surface area (Å²) in [6.45, 7) is 1.66. The minimum absolute atomic E-state index is 0.410. The zero-order chi connectivity index (χ0) is 11.0. The number of nitrogens with one attached hydrogen (secondary N) is 1. The zero-order valence-corrected chi connectivity index (χ0v) is 9.65. The number of nitrogen functional groups attached to an aromatic ring is 1. The van der Waals surface area contributed by atoms with Crippen LogP contribution in [0.2, 0.25) is 0 Å². The van der Waals surface area contributed by atoms with Gasteiger partial charge < -0.3 is 5.73 Å². The number of anilines is 1. The number of halogens is 1. The van der Waals surface area contributed by atoms with Gasteiger partial charge in [0.05, 0.1) is 4.54 Å². The first-order valence-corrected chi connectivity index (χ1v) is 5.14. The molecular formula is C9H10BrN4O+. The first-order chi connectivity index (χ1) is 7.09. The lowest BCUT2D eigenvalue weighted by Crippen LogP contribution is -2.19. The molecule has 1 aromatic carbocycles. The molecule has 78 valence electrons. The summed E-state index contributed by atoms with van der Waals surface area (Å²) >= 11 is 3.34. The van der Waals surface area contributed by atoms with E-state index in [1.807, 2.05) is 24.3 Å². The molecule has 0 atom stereocenters. The van der Waals surface area contributed by atoms with Crippen molar-refractivity contribution in [2.24, 2.45) is 0 Å². The fourth-order valence-electron chi connectivity index (χ4n) is 1.27. The minimum atomic E-state index is 0.410. The maximum atomic E-state index is 11.3. The molecule has 1 aromatic heterocycles. The molecule has 0 aliphatic heterocycles. The SMILES string of the molecule is Cc1c(N)n(-c2ccc(Br)cc2)[nH][n+]1=O. The molecule has 2 rings (SSSR count). The van der Waals surface area contributed by atoms with Gasteiger partial charge in [0.2, 0.25) is 5.69 Å². The van der Waals surface area contributed by atoms with Crippen LogP contribution in [-0.4, -0.2) is 9.90 Å². The summed E-state index contributed by atoms with van der Waals surface area (Å²) in [5, 5.41) is 2.59. The molecule has 5 nitrogen and oxygen atoms in total. The van der Waals surface area contributed by atoms with E-state index in [0.717, 1.165) is 10.2 Å². The molecule has 0 saturated heterocycles. The maximum Gasteiger partial charge on any atom is 0.266 e. The second-order valence-electron chi connectivity index (χ2n) is 3.18. The van der Waals surface area contributed by atoms with E-state index in [9.17, 15) is 4.91 Å². The van der Waals surface area contributed by atoms with Crippen molar-refractivity contribution in [3.63, 3.8) is 0 Å². The number of H-pyrrole nitrogens is 1. The summed E-state index contributed by atoms with van der Waals surface area (Å²) in [4.78, 5) is 11.3. The first-order valence-electron chi connectivity index (χ1n) is 4.35. The quantitative estimate of drug-likeness (QED) is 0.768. The van der Waals surface area contributed by atoms with Crippen molar-refractivity contribution in [1.82, 2.24) is 9.90 Å². The molecule has 0 aliphatic rings. The van der Waals surface area contributed by atoms with Crippen molar-refractivity contribution >= 4 is 21.7 Å². The highest BCUT2D eigenvalue weighted by Gasteiger charge is 2.17. The van der Waals surface area contributed by atoms with Crippen LogP contribution in [-0.2, 0) is 0 Å². The Balaban J connectivity index is 2.59. The number of aromatic amines is 1. The predicted molar refractivity (Wildman–Crippen MR) is 60.3 cm³/mol. The van der Waals surface area contributed by atoms with Gasteiger partial charge in [0.15, 0.2) is 5.69 Å². The van der Waals surface area contributed by atoms with Crippen LogP contribution in [0.15, 0.2) is 28.7 Å². The number of benzene rings is 1. The Morgan fingerprint density at radius 1 is 1.40 bits per heavy atom. The second-order valence-corrected chi connectivity index (χ2v) is 4.09. The van der Waals surface area contributed by atoms with E-state index in [2.05, 4.69) is 21.1 Å². The molecule has 0 unspecified atom stereocenters. The predicted octanol–water partition coefficient (Wildman–Crippen LogP) is 1.37. The van der Waals surface area contributed by atoms with Gasteiger partial charge in [0.25, 0.3) is 5.82 Å². The summed E-state index contributed by atoms with van der Waals surface area (Å²) in [7, 11) is 0. The smallest absolute Gasteiger partial charge is 0.266 e. The average molecular weight is 270 g/mol. The fraction of sp³-hybridized carbons (Fsp3) is 0.111. The highest BCUT2D eigenvalue weighted by molar-refractivity contribution is 9.10. The summed E-state index contributed by atoms with van der Waals surface area (Å²) in [5.41, 5.74) is 7.04. The molecule has 0 saturated carbocycles.